The van der Waals surface area contributed by atoms with Gasteiger partial charge in [0.25, 0.3) is 5.91 Å². The van der Waals surface area contributed by atoms with Crippen molar-refractivity contribution in [2.75, 3.05) is 5.32 Å². The molecule has 0 fully saturated rings. The lowest BCUT2D eigenvalue weighted by Crippen LogP contribution is -2.42. The van der Waals surface area contributed by atoms with Crippen LogP contribution in [0.1, 0.15) is 17.3 Å². The monoisotopic (exact) mass is 344 g/mol. The second-order valence-electron chi connectivity index (χ2n) is 4.90. The topological polar surface area (TPSA) is 87.7 Å². The van der Waals surface area contributed by atoms with E-state index in [0.29, 0.717) is 11.4 Å². The second kappa shape index (κ2) is 8.07. The Labute approximate surface area is 144 Å². The van der Waals surface area contributed by atoms with Crippen LogP contribution in [0.25, 0.3) is 0 Å². The molecule has 0 aliphatic carbocycles. The highest BCUT2D eigenvalue weighted by Gasteiger charge is 2.16. The number of carbonyl (C=O) groups is 2. The summed E-state index contributed by atoms with van der Waals surface area (Å²) in [4.78, 5) is 22.8. The summed E-state index contributed by atoms with van der Waals surface area (Å²) in [5.41, 5.74) is 0.738. The summed E-state index contributed by atoms with van der Waals surface area (Å²) >= 11 is 5.07. The molecule has 0 saturated heterocycles. The molecule has 7 heteroatoms. The Hall–Kier alpha value is -2.93. The van der Waals surface area contributed by atoms with Crippen LogP contribution in [0.2, 0.25) is 0 Å². The number of rotatable bonds is 5. The van der Waals surface area contributed by atoms with Crippen LogP contribution < -0.4 is 15.4 Å². The van der Waals surface area contributed by atoms with Crippen LogP contribution in [-0.4, -0.2) is 28.2 Å². The average molecular weight is 344 g/mol. The minimum Gasteiger partial charge on any atom is -0.481 e. The average Bonchev–Trinajstić information content (AvgIpc) is 2.56. The predicted octanol–water partition coefficient (Wildman–Crippen LogP) is 2.67. The minimum atomic E-state index is -1.01. The van der Waals surface area contributed by atoms with Gasteiger partial charge in [0.05, 0.1) is 5.56 Å². The number of amides is 1. The number of anilines is 1. The molecule has 6 nitrogen and oxygen atoms in total. The molecule has 1 atom stereocenters. The Balaban J connectivity index is 1.86. The van der Waals surface area contributed by atoms with Gasteiger partial charge in [-0.1, -0.05) is 18.2 Å². The van der Waals surface area contributed by atoms with Crippen molar-refractivity contribution in [3.8, 4) is 5.75 Å². The molecule has 0 spiro atoms. The van der Waals surface area contributed by atoms with E-state index in [0.717, 1.165) is 0 Å². The van der Waals surface area contributed by atoms with Crippen LogP contribution in [0, 0.1) is 0 Å². The number of hydrogen-bond acceptors (Lipinski definition) is 4. The molecule has 1 unspecified atom stereocenters. The molecule has 24 heavy (non-hydrogen) atoms. The number of carboxylic acid groups (broad SMARTS) is 1. The Bertz CT molecular complexity index is 732. The first-order chi connectivity index (χ1) is 11.5. The first-order valence-corrected chi connectivity index (χ1v) is 7.53. The Morgan fingerprint density at radius 1 is 1.08 bits per heavy atom. The van der Waals surface area contributed by atoms with E-state index in [9.17, 15) is 9.59 Å². The number of aromatic carboxylic acids is 1. The molecule has 0 saturated carbocycles. The van der Waals surface area contributed by atoms with Crippen molar-refractivity contribution >= 4 is 34.9 Å². The molecular formula is C17H16N2O4S. The highest BCUT2D eigenvalue weighted by atomic mass is 32.1. The molecular weight excluding hydrogens is 328 g/mol. The van der Waals surface area contributed by atoms with Gasteiger partial charge in [-0.05, 0) is 55.5 Å². The van der Waals surface area contributed by atoms with Crippen molar-refractivity contribution in [3.63, 3.8) is 0 Å². The predicted molar refractivity (Wildman–Crippen MR) is 94.3 cm³/mol. The largest absolute Gasteiger partial charge is 0.481 e. The Kier molecular flexibility index (Phi) is 5.86. The Morgan fingerprint density at radius 3 is 2.29 bits per heavy atom. The second-order valence-corrected chi connectivity index (χ2v) is 5.31. The smallest absolute Gasteiger partial charge is 0.335 e. The minimum absolute atomic E-state index is 0.103. The summed E-state index contributed by atoms with van der Waals surface area (Å²) in [5, 5.41) is 14.3. The molecule has 1 amide bonds. The van der Waals surface area contributed by atoms with Crippen LogP contribution in [0.4, 0.5) is 5.69 Å². The van der Waals surface area contributed by atoms with Gasteiger partial charge in [-0.15, -0.1) is 0 Å². The number of benzene rings is 2. The maximum Gasteiger partial charge on any atom is 0.335 e. The lowest BCUT2D eigenvalue weighted by atomic mass is 10.2. The number of para-hydroxylation sites is 1. The lowest BCUT2D eigenvalue weighted by Gasteiger charge is -2.15. The summed E-state index contributed by atoms with van der Waals surface area (Å²) in [6, 6.07) is 15.0. The van der Waals surface area contributed by atoms with E-state index < -0.39 is 18.0 Å². The van der Waals surface area contributed by atoms with Crippen molar-refractivity contribution in [2.24, 2.45) is 0 Å². The van der Waals surface area contributed by atoms with Crippen molar-refractivity contribution < 1.29 is 19.4 Å². The van der Waals surface area contributed by atoms with Gasteiger partial charge in [0.2, 0.25) is 0 Å². The fraction of sp³-hybridized carbons (Fsp3) is 0.118. The van der Waals surface area contributed by atoms with E-state index in [4.69, 9.17) is 22.1 Å². The lowest BCUT2D eigenvalue weighted by molar-refractivity contribution is -0.125. The number of carboxylic acids is 1. The first-order valence-electron chi connectivity index (χ1n) is 7.12. The van der Waals surface area contributed by atoms with Gasteiger partial charge in [0.15, 0.2) is 11.2 Å². The van der Waals surface area contributed by atoms with E-state index in [2.05, 4.69) is 10.6 Å². The van der Waals surface area contributed by atoms with Crippen molar-refractivity contribution in [3.05, 3.63) is 60.2 Å². The summed E-state index contributed by atoms with van der Waals surface area (Å²) in [5.74, 6) is -0.814. The fourth-order valence-corrected chi connectivity index (χ4v) is 2.05. The molecule has 2 rings (SSSR count). The third-order valence-corrected chi connectivity index (χ3v) is 3.26. The third-order valence-electron chi connectivity index (χ3n) is 3.05. The molecule has 0 aliphatic rings. The molecule has 2 aromatic carbocycles. The molecule has 0 radical (unpaired) electrons. The van der Waals surface area contributed by atoms with Crippen molar-refractivity contribution in [1.82, 2.24) is 5.32 Å². The van der Waals surface area contributed by atoms with Crippen molar-refractivity contribution in [2.45, 2.75) is 13.0 Å². The number of ether oxygens (including phenoxy) is 1. The van der Waals surface area contributed by atoms with Crippen LogP contribution in [-0.2, 0) is 4.79 Å². The van der Waals surface area contributed by atoms with Gasteiger partial charge in [-0.2, -0.15) is 0 Å². The van der Waals surface area contributed by atoms with Gasteiger partial charge >= 0.3 is 5.97 Å². The zero-order chi connectivity index (χ0) is 17.5. The van der Waals surface area contributed by atoms with Gasteiger partial charge in [0, 0.05) is 5.69 Å². The van der Waals surface area contributed by atoms with Crippen LogP contribution >= 0.6 is 12.2 Å². The summed E-state index contributed by atoms with van der Waals surface area (Å²) in [6.07, 6.45) is -0.721. The number of hydrogen-bond donors (Lipinski definition) is 3. The molecule has 2 aromatic rings. The summed E-state index contributed by atoms with van der Waals surface area (Å²) < 4.78 is 5.50. The number of carbonyl (C=O) groups excluding carboxylic acids is 1. The normalized spacial score (nSPS) is 11.2. The molecule has 0 aromatic heterocycles. The molecule has 0 aliphatic heterocycles. The zero-order valence-corrected chi connectivity index (χ0v) is 13.7. The first kappa shape index (κ1) is 17.4. The maximum absolute atomic E-state index is 12.1. The van der Waals surface area contributed by atoms with Gasteiger partial charge in [-0.3, -0.25) is 10.1 Å². The number of thiocarbonyl (C=S) groups is 1. The fourth-order valence-electron chi connectivity index (χ4n) is 1.83. The van der Waals surface area contributed by atoms with Crippen LogP contribution in [0.15, 0.2) is 54.6 Å². The molecule has 124 valence electrons. The SMILES string of the molecule is CC(Oc1ccccc1)C(=O)NC(=S)Nc1ccc(C(=O)O)cc1. The highest BCUT2D eigenvalue weighted by Crippen LogP contribution is 2.11. The quantitative estimate of drug-likeness (QED) is 0.723. The molecule has 0 heterocycles. The number of nitrogens with one attached hydrogen (secondary N) is 2. The third kappa shape index (κ3) is 5.06. The summed E-state index contributed by atoms with van der Waals surface area (Å²) in [7, 11) is 0. The van der Waals surface area contributed by atoms with E-state index in [1.807, 2.05) is 18.2 Å². The van der Waals surface area contributed by atoms with Crippen LogP contribution in [0.5, 0.6) is 5.75 Å². The van der Waals surface area contributed by atoms with Gasteiger partial charge < -0.3 is 15.2 Å². The molecule has 0 bridgehead atoms. The van der Waals surface area contributed by atoms with Gasteiger partial charge in [0.1, 0.15) is 5.75 Å². The van der Waals surface area contributed by atoms with E-state index in [-0.39, 0.29) is 10.7 Å². The molecule has 3 N–H and O–H groups in total. The van der Waals surface area contributed by atoms with E-state index >= 15 is 0 Å². The van der Waals surface area contributed by atoms with E-state index in [1.54, 1.807) is 31.2 Å². The Morgan fingerprint density at radius 2 is 1.71 bits per heavy atom. The standard InChI is InChI=1S/C17H16N2O4S/c1-11(23-14-5-3-2-4-6-14)15(20)19-17(24)18-13-9-7-12(8-10-13)16(21)22/h2-11H,1H3,(H,21,22)(H2,18,19,20,24). The summed E-state index contributed by atoms with van der Waals surface area (Å²) in [6.45, 7) is 1.62. The maximum atomic E-state index is 12.1. The van der Waals surface area contributed by atoms with Gasteiger partial charge in [-0.25, -0.2) is 4.79 Å². The van der Waals surface area contributed by atoms with E-state index in [1.165, 1.54) is 12.1 Å². The van der Waals surface area contributed by atoms with Crippen molar-refractivity contribution in [1.29, 1.82) is 0 Å². The van der Waals surface area contributed by atoms with Crippen LogP contribution in [0.3, 0.4) is 0 Å². The highest BCUT2D eigenvalue weighted by molar-refractivity contribution is 7.80. The zero-order valence-electron chi connectivity index (χ0n) is 12.9.